The van der Waals surface area contributed by atoms with Gasteiger partial charge in [-0.15, -0.1) is 0 Å². The molecule has 0 radical (unpaired) electrons. The van der Waals surface area contributed by atoms with Gasteiger partial charge in [-0.05, 0) is 32.1 Å². The van der Waals surface area contributed by atoms with Gasteiger partial charge >= 0.3 is 0 Å². The number of nitrogens with two attached hydrogens (primary N) is 4. The summed E-state index contributed by atoms with van der Waals surface area (Å²) in [5.41, 5.74) is 21.4. The van der Waals surface area contributed by atoms with Crippen LogP contribution in [0.2, 0.25) is 0 Å². The minimum atomic E-state index is 0.179. The summed E-state index contributed by atoms with van der Waals surface area (Å²) < 4.78 is 0. The van der Waals surface area contributed by atoms with Crippen LogP contribution in [0.15, 0.2) is 9.98 Å². The quantitative estimate of drug-likeness (QED) is 0.0915. The molecule has 0 aliphatic rings. The van der Waals surface area contributed by atoms with Crippen molar-refractivity contribution >= 4 is 17.8 Å². The third kappa shape index (κ3) is 23.2. The molecule has 0 atom stereocenters. The van der Waals surface area contributed by atoms with Gasteiger partial charge in [0.15, 0.2) is 11.9 Å². The molecule has 0 aliphatic heterocycles. The lowest BCUT2D eigenvalue weighted by atomic mass is 10.1. The Morgan fingerprint density at radius 1 is 0.559 bits per heavy atom. The van der Waals surface area contributed by atoms with Crippen molar-refractivity contribution in [3.05, 3.63) is 0 Å². The number of guanidine groups is 2. The van der Waals surface area contributed by atoms with Crippen molar-refractivity contribution in [1.82, 2.24) is 4.90 Å². The van der Waals surface area contributed by atoms with Crippen LogP contribution >= 0.6 is 0 Å². The monoisotopic (exact) mass is 481 g/mol. The predicted octanol–water partition coefficient (Wildman–Crippen LogP) is 4.40. The predicted molar refractivity (Wildman–Crippen MR) is 147 cm³/mol. The Balaban J connectivity index is 4.08. The Morgan fingerprint density at radius 2 is 0.941 bits per heavy atom. The summed E-state index contributed by atoms with van der Waals surface area (Å²) in [7, 11) is 0. The van der Waals surface area contributed by atoms with Crippen molar-refractivity contribution in [2.75, 3.05) is 26.2 Å². The number of nitrogens with zero attached hydrogens (tertiary/aromatic N) is 3. The van der Waals surface area contributed by atoms with Crippen LogP contribution in [0.25, 0.3) is 0 Å². The summed E-state index contributed by atoms with van der Waals surface area (Å²) in [4.78, 5) is 23.0. The smallest absolute Gasteiger partial charge is 0.222 e. The van der Waals surface area contributed by atoms with Crippen LogP contribution in [0.5, 0.6) is 0 Å². The molecule has 34 heavy (non-hydrogen) atoms. The summed E-state index contributed by atoms with van der Waals surface area (Å²) >= 11 is 0. The van der Waals surface area contributed by atoms with E-state index in [1.165, 1.54) is 64.2 Å². The molecule has 8 N–H and O–H groups in total. The van der Waals surface area contributed by atoms with Gasteiger partial charge in [0.25, 0.3) is 0 Å². The van der Waals surface area contributed by atoms with Gasteiger partial charge in [-0.1, -0.05) is 84.0 Å². The fourth-order valence-corrected chi connectivity index (χ4v) is 4.06. The van der Waals surface area contributed by atoms with Gasteiger partial charge < -0.3 is 27.8 Å². The van der Waals surface area contributed by atoms with E-state index in [1.807, 2.05) is 0 Å². The maximum atomic E-state index is 12.8. The SMILES string of the molecule is CCCCCCCC(=O)N(CCCCCCCCN=C(N)N)CCCCCCCCN=C(N)N. The lowest BCUT2D eigenvalue weighted by Crippen LogP contribution is -2.32. The highest BCUT2D eigenvalue weighted by atomic mass is 16.2. The molecule has 0 saturated carbocycles. The number of hydrogen-bond donors (Lipinski definition) is 4. The Labute approximate surface area is 209 Å². The average Bonchev–Trinajstić information content (AvgIpc) is 2.79. The van der Waals surface area contributed by atoms with Crippen molar-refractivity contribution in [2.24, 2.45) is 32.9 Å². The summed E-state index contributed by atoms with van der Waals surface area (Å²) in [5.74, 6) is 0.710. The molecule has 0 unspecified atom stereocenters. The van der Waals surface area contributed by atoms with E-state index < -0.39 is 0 Å². The second kappa shape index (κ2) is 24.1. The Kier molecular flexibility index (Phi) is 22.7. The fourth-order valence-electron chi connectivity index (χ4n) is 4.06. The standard InChI is InChI=1S/C26H55N7O/c1-2-3-4-9-14-19-24(34)33(22-17-12-7-5-10-15-20-31-25(27)28)23-18-13-8-6-11-16-21-32-26(29)30/h2-23H2,1H3,(H4,27,28,31)(H4,29,30,32). The normalized spacial score (nSPS) is 10.7. The van der Waals surface area contributed by atoms with Gasteiger partial charge in [-0.3, -0.25) is 14.8 Å². The van der Waals surface area contributed by atoms with Crippen LogP contribution in [0.3, 0.4) is 0 Å². The van der Waals surface area contributed by atoms with E-state index in [-0.39, 0.29) is 11.9 Å². The largest absolute Gasteiger partial charge is 0.370 e. The highest BCUT2D eigenvalue weighted by molar-refractivity contribution is 5.76. The number of hydrogen-bond acceptors (Lipinski definition) is 3. The van der Waals surface area contributed by atoms with Crippen molar-refractivity contribution in [3.63, 3.8) is 0 Å². The summed E-state index contributed by atoms with van der Waals surface area (Å²) in [6, 6.07) is 0. The van der Waals surface area contributed by atoms with Crippen molar-refractivity contribution in [2.45, 2.75) is 122 Å². The van der Waals surface area contributed by atoms with Gasteiger partial charge in [0, 0.05) is 32.6 Å². The average molecular weight is 482 g/mol. The van der Waals surface area contributed by atoms with Gasteiger partial charge in [0.2, 0.25) is 5.91 Å². The first-order chi connectivity index (χ1) is 16.5. The highest BCUT2D eigenvalue weighted by Crippen LogP contribution is 2.12. The highest BCUT2D eigenvalue weighted by Gasteiger charge is 2.12. The molecule has 0 aromatic carbocycles. The molecule has 0 bridgehead atoms. The maximum absolute atomic E-state index is 12.8. The first kappa shape index (κ1) is 32.0. The molecular formula is C26H55N7O. The molecule has 200 valence electrons. The Hall–Kier alpha value is -1.99. The maximum Gasteiger partial charge on any atom is 0.222 e. The second-order valence-electron chi connectivity index (χ2n) is 9.40. The summed E-state index contributed by atoms with van der Waals surface area (Å²) in [5, 5.41) is 0. The minimum Gasteiger partial charge on any atom is -0.370 e. The summed E-state index contributed by atoms with van der Waals surface area (Å²) in [6.45, 7) is 5.47. The lowest BCUT2D eigenvalue weighted by Gasteiger charge is -2.23. The van der Waals surface area contributed by atoms with Crippen LogP contribution in [0.1, 0.15) is 122 Å². The molecular weight excluding hydrogens is 426 g/mol. The first-order valence-corrected chi connectivity index (χ1v) is 13.9. The molecule has 0 aromatic rings. The zero-order valence-corrected chi connectivity index (χ0v) is 22.1. The van der Waals surface area contributed by atoms with E-state index in [0.29, 0.717) is 12.3 Å². The number of aliphatic imine (C=N–C) groups is 2. The molecule has 8 nitrogen and oxygen atoms in total. The second-order valence-corrected chi connectivity index (χ2v) is 9.40. The molecule has 0 fully saturated rings. The molecule has 0 aromatic heterocycles. The van der Waals surface area contributed by atoms with E-state index >= 15 is 0 Å². The molecule has 0 spiro atoms. The Morgan fingerprint density at radius 3 is 1.38 bits per heavy atom. The van der Waals surface area contributed by atoms with Crippen molar-refractivity contribution in [3.8, 4) is 0 Å². The topological polar surface area (TPSA) is 149 Å². The van der Waals surface area contributed by atoms with E-state index in [4.69, 9.17) is 22.9 Å². The Bertz CT molecular complexity index is 495. The van der Waals surface area contributed by atoms with Gasteiger partial charge in [-0.25, -0.2) is 0 Å². The molecule has 0 saturated heterocycles. The zero-order chi connectivity index (χ0) is 25.3. The van der Waals surface area contributed by atoms with Crippen molar-refractivity contribution < 1.29 is 4.79 Å². The van der Waals surface area contributed by atoms with Crippen LogP contribution < -0.4 is 22.9 Å². The van der Waals surface area contributed by atoms with Gasteiger partial charge in [0.05, 0.1) is 0 Å². The van der Waals surface area contributed by atoms with Crippen LogP contribution in [0, 0.1) is 0 Å². The van der Waals surface area contributed by atoms with Gasteiger partial charge in [0.1, 0.15) is 0 Å². The molecule has 0 heterocycles. The molecule has 0 rings (SSSR count). The number of carbonyl (C=O) groups excluding carboxylic acids is 1. The summed E-state index contributed by atoms with van der Waals surface area (Å²) in [6.07, 6.45) is 20.4. The first-order valence-electron chi connectivity index (χ1n) is 13.9. The third-order valence-electron chi connectivity index (χ3n) is 6.11. The number of amides is 1. The van der Waals surface area contributed by atoms with E-state index in [2.05, 4.69) is 21.8 Å². The number of rotatable bonds is 24. The van der Waals surface area contributed by atoms with E-state index in [9.17, 15) is 4.79 Å². The lowest BCUT2D eigenvalue weighted by molar-refractivity contribution is -0.131. The number of carbonyl (C=O) groups is 1. The van der Waals surface area contributed by atoms with Crippen LogP contribution in [0.4, 0.5) is 0 Å². The molecule has 8 heteroatoms. The molecule has 0 aliphatic carbocycles. The third-order valence-corrected chi connectivity index (χ3v) is 6.11. The number of unbranched alkanes of at least 4 members (excludes halogenated alkanes) is 14. The van der Waals surface area contributed by atoms with Gasteiger partial charge in [-0.2, -0.15) is 0 Å². The zero-order valence-electron chi connectivity index (χ0n) is 22.1. The van der Waals surface area contributed by atoms with Crippen molar-refractivity contribution in [1.29, 1.82) is 0 Å². The molecule has 1 amide bonds. The van der Waals surface area contributed by atoms with Crippen LogP contribution in [-0.4, -0.2) is 48.9 Å². The van der Waals surface area contributed by atoms with E-state index in [1.54, 1.807) is 0 Å². The van der Waals surface area contributed by atoms with Crippen LogP contribution in [-0.2, 0) is 4.79 Å². The van der Waals surface area contributed by atoms with E-state index in [0.717, 1.165) is 71.1 Å². The minimum absolute atomic E-state index is 0.179. The fraction of sp³-hybridized carbons (Fsp3) is 0.885.